The first-order chi connectivity index (χ1) is 7.93. The minimum Gasteiger partial charge on any atom is -0.767 e. The number of hydrogen-bond acceptors (Lipinski definition) is 7. The van der Waals surface area contributed by atoms with Gasteiger partial charge in [0.15, 0.2) is 5.09 Å². The molecular weight excluding hydrogens is 252 g/mol. The molecule has 0 bridgehead atoms. The van der Waals surface area contributed by atoms with Crippen LogP contribution in [0.2, 0.25) is 0 Å². The molecule has 1 amide bonds. The summed E-state index contributed by atoms with van der Waals surface area (Å²) in [6, 6.07) is 2.42. The number of hydrazone groups is 1. The van der Waals surface area contributed by atoms with E-state index in [9.17, 15) is 9.35 Å². The van der Waals surface area contributed by atoms with Crippen LogP contribution in [-0.4, -0.2) is 32.6 Å². The molecule has 0 aliphatic heterocycles. The third-order valence-electron chi connectivity index (χ3n) is 1.49. The lowest BCUT2D eigenvalue weighted by molar-refractivity contribution is 0.152. The number of nitrogens with one attached hydrogen (secondary N) is 1. The van der Waals surface area contributed by atoms with Gasteiger partial charge in [0, 0.05) is 0 Å². The fourth-order valence-corrected chi connectivity index (χ4v) is 1.31. The molecule has 0 aromatic carbocycles. The van der Waals surface area contributed by atoms with E-state index in [1.165, 1.54) is 6.07 Å². The summed E-state index contributed by atoms with van der Waals surface area (Å²) >= 11 is 0. The molecule has 0 radical (unpaired) electrons. The van der Waals surface area contributed by atoms with Crippen LogP contribution >= 0.6 is 10.9 Å². The molecule has 0 unspecified atom stereocenters. The molecule has 1 aromatic rings. The molecule has 0 spiro atoms. The van der Waals surface area contributed by atoms with Gasteiger partial charge in [0.25, 0.3) is 0 Å². The highest BCUT2D eigenvalue weighted by atomic mass is 32.3. The molecule has 0 aliphatic carbocycles. The quantitative estimate of drug-likeness (QED) is 0.559. The molecule has 1 aromatic heterocycles. The van der Waals surface area contributed by atoms with E-state index in [0.717, 1.165) is 12.3 Å². The first-order valence-electron chi connectivity index (χ1n) is 4.48. The number of ether oxygens (including phenoxy) is 1. The van der Waals surface area contributed by atoms with Crippen molar-refractivity contribution in [2.75, 3.05) is 6.61 Å². The van der Waals surface area contributed by atoms with Crippen molar-refractivity contribution in [3.05, 3.63) is 17.9 Å². The topological polar surface area (TPSA) is 127 Å². The molecule has 0 aliphatic rings. The molecule has 1 heterocycles. The maximum atomic E-state index is 10.8. The maximum absolute atomic E-state index is 10.8. The van der Waals surface area contributed by atoms with E-state index >= 15 is 0 Å². The van der Waals surface area contributed by atoms with Gasteiger partial charge in [-0.2, -0.15) is 5.10 Å². The average Bonchev–Trinajstić information content (AvgIpc) is 2.66. The highest BCUT2D eigenvalue weighted by Crippen LogP contribution is 2.43. The van der Waals surface area contributed by atoms with Crippen molar-refractivity contribution in [2.45, 2.75) is 12.0 Å². The number of rotatable bonds is 4. The van der Waals surface area contributed by atoms with Crippen molar-refractivity contribution in [3.63, 3.8) is 0 Å². The fourth-order valence-electron chi connectivity index (χ4n) is 0.859. The van der Waals surface area contributed by atoms with E-state index in [-0.39, 0.29) is 12.4 Å². The minimum absolute atomic E-state index is 0.0904. The largest absolute Gasteiger partial charge is 0.767 e. The average molecular weight is 263 g/mol. The van der Waals surface area contributed by atoms with Gasteiger partial charge in [0.1, 0.15) is 5.76 Å². The molecule has 0 saturated carbocycles. The predicted octanol–water partition coefficient (Wildman–Crippen LogP) is 1.60. The third-order valence-corrected chi connectivity index (χ3v) is 2.23. The van der Waals surface area contributed by atoms with Gasteiger partial charge in [0.2, 0.25) is 0 Å². The van der Waals surface area contributed by atoms with Crippen LogP contribution < -0.4 is 5.43 Å². The van der Waals surface area contributed by atoms with Crippen LogP contribution in [0.3, 0.4) is 0 Å². The summed E-state index contributed by atoms with van der Waals surface area (Å²) < 4.78 is 37.5. The van der Waals surface area contributed by atoms with Gasteiger partial charge < -0.3 is 22.8 Å². The van der Waals surface area contributed by atoms with E-state index in [1.54, 1.807) is 6.92 Å². The smallest absolute Gasteiger partial charge is 0.427 e. The number of furan rings is 1. The van der Waals surface area contributed by atoms with E-state index in [2.05, 4.69) is 9.84 Å². The third kappa shape index (κ3) is 4.44. The monoisotopic (exact) mass is 263 g/mol. The molecule has 8 nitrogen and oxygen atoms in total. The van der Waals surface area contributed by atoms with Gasteiger partial charge in [-0.25, -0.2) is 10.2 Å². The van der Waals surface area contributed by atoms with E-state index in [0.29, 0.717) is 0 Å². The summed E-state index contributed by atoms with van der Waals surface area (Å²) in [6.45, 7) is 1.85. The van der Waals surface area contributed by atoms with Crippen molar-refractivity contribution in [1.82, 2.24) is 5.43 Å². The fraction of sp³-hybridized carbons (Fsp3) is 0.250. The van der Waals surface area contributed by atoms with Crippen molar-refractivity contribution in [1.29, 1.82) is 0 Å². The van der Waals surface area contributed by atoms with Crippen LogP contribution in [0.25, 0.3) is 0 Å². The molecule has 3 N–H and O–H groups in total. The summed E-state index contributed by atoms with van der Waals surface area (Å²) in [4.78, 5) is 10.8. The molecule has 17 heavy (non-hydrogen) atoms. The highest BCUT2D eigenvalue weighted by molar-refractivity contribution is 8.19. The Hall–Kier alpha value is -1.55. The van der Waals surface area contributed by atoms with Gasteiger partial charge in [0.05, 0.1) is 12.8 Å². The lowest BCUT2D eigenvalue weighted by atomic mass is 10.5. The highest BCUT2D eigenvalue weighted by Gasteiger charge is 2.10. The maximum Gasteiger partial charge on any atom is 0.427 e. The number of nitrogens with zero attached hydrogens (tertiary/aromatic N) is 1. The minimum atomic E-state index is -4.12. The Bertz CT molecular complexity index is 410. The lowest BCUT2D eigenvalue weighted by Gasteiger charge is -2.29. The van der Waals surface area contributed by atoms with Crippen molar-refractivity contribution in [2.24, 2.45) is 5.10 Å². The van der Waals surface area contributed by atoms with Gasteiger partial charge in [-0.05, 0) is 29.9 Å². The molecule has 9 heteroatoms. The Kier molecular flexibility index (Phi) is 4.52. The van der Waals surface area contributed by atoms with Gasteiger partial charge in [-0.15, -0.1) is 0 Å². The number of hydrogen-bond donors (Lipinski definition) is 3. The van der Waals surface area contributed by atoms with E-state index in [4.69, 9.17) is 13.5 Å². The first-order valence-corrected chi connectivity index (χ1v) is 5.95. The molecule has 0 atom stereocenters. The van der Waals surface area contributed by atoms with Crippen molar-refractivity contribution < 1.29 is 27.6 Å². The van der Waals surface area contributed by atoms with Crippen LogP contribution in [0.1, 0.15) is 12.7 Å². The standard InChI is InChI=1S/C8H12N2O6S/c1-2-15-8(11)10-9-5-6-3-4-7(16-6)17(12,13)14/h3-5,12-14H,2H2,1H3,(H,10,11)/p-1. The SMILES string of the molecule is CCOC(=O)NN=Cc1ccc(S([O-])(O)O)o1. The number of carbonyl (C=O) groups is 1. The first kappa shape index (κ1) is 13.5. The summed E-state index contributed by atoms with van der Waals surface area (Å²) in [5.74, 6) is 0.0904. The molecule has 0 fully saturated rings. The summed E-state index contributed by atoms with van der Waals surface area (Å²) in [7, 11) is -4.12. The number of amides is 1. The normalized spacial score (nSPS) is 12.7. The Labute approximate surface area is 98.4 Å². The molecule has 1 rings (SSSR count). The van der Waals surface area contributed by atoms with Crippen LogP contribution in [0.15, 0.2) is 26.7 Å². The Morgan fingerprint density at radius 2 is 2.41 bits per heavy atom. The Morgan fingerprint density at radius 3 is 2.94 bits per heavy atom. The predicted molar refractivity (Wildman–Crippen MR) is 58.4 cm³/mol. The van der Waals surface area contributed by atoms with Crippen LogP contribution in [0.4, 0.5) is 4.79 Å². The number of carbonyl (C=O) groups excluding carboxylic acids is 1. The zero-order valence-electron chi connectivity index (χ0n) is 8.82. The zero-order valence-corrected chi connectivity index (χ0v) is 9.64. The van der Waals surface area contributed by atoms with Crippen LogP contribution in [0.5, 0.6) is 0 Å². The van der Waals surface area contributed by atoms with Gasteiger partial charge in [-0.3, -0.25) is 0 Å². The summed E-state index contributed by atoms with van der Waals surface area (Å²) in [5.41, 5.74) is 2.03. The summed E-state index contributed by atoms with van der Waals surface area (Å²) in [5, 5.41) is 2.97. The van der Waals surface area contributed by atoms with Gasteiger partial charge in [-0.1, -0.05) is 0 Å². The van der Waals surface area contributed by atoms with Crippen LogP contribution in [-0.2, 0) is 4.74 Å². The zero-order chi connectivity index (χ0) is 12.9. The van der Waals surface area contributed by atoms with Crippen LogP contribution in [0, 0.1) is 0 Å². The molecule has 96 valence electrons. The Balaban J connectivity index is 2.55. The Morgan fingerprint density at radius 1 is 1.71 bits per heavy atom. The van der Waals surface area contributed by atoms with Crippen molar-refractivity contribution in [3.8, 4) is 0 Å². The van der Waals surface area contributed by atoms with E-state index < -0.39 is 22.1 Å². The molecule has 0 saturated heterocycles. The van der Waals surface area contributed by atoms with Crippen molar-refractivity contribution >= 4 is 23.2 Å². The lowest BCUT2D eigenvalue weighted by Crippen LogP contribution is -2.18. The second kappa shape index (κ2) is 5.68. The van der Waals surface area contributed by atoms with E-state index in [1.807, 2.05) is 5.43 Å². The second-order valence-electron chi connectivity index (χ2n) is 2.74. The second-order valence-corrected chi connectivity index (χ2v) is 4.14. The van der Waals surface area contributed by atoms with Gasteiger partial charge >= 0.3 is 6.09 Å². The summed E-state index contributed by atoms with van der Waals surface area (Å²) in [6.07, 6.45) is 0.356. The molecular formula is C8H11N2O6S-.